The number of nitrogens with zero attached hydrogens (tertiary/aromatic N) is 2. The SMILES string of the molecule is Cc1ccc(N(C)c2ccc(Br)cc2[N+](=O)[O-])c(C)c1. The van der Waals surface area contributed by atoms with E-state index in [-0.39, 0.29) is 10.6 Å². The van der Waals surface area contributed by atoms with Gasteiger partial charge in [0.15, 0.2) is 0 Å². The van der Waals surface area contributed by atoms with Gasteiger partial charge < -0.3 is 4.90 Å². The molecular weight excluding hydrogens is 320 g/mol. The zero-order chi connectivity index (χ0) is 14.9. The molecule has 0 bridgehead atoms. The van der Waals surface area contributed by atoms with Crippen molar-refractivity contribution in [3.8, 4) is 0 Å². The Bertz CT molecular complexity index is 671. The fraction of sp³-hybridized carbons (Fsp3) is 0.200. The molecule has 0 radical (unpaired) electrons. The van der Waals surface area contributed by atoms with Gasteiger partial charge in [-0.15, -0.1) is 0 Å². The highest BCUT2D eigenvalue weighted by molar-refractivity contribution is 9.10. The highest BCUT2D eigenvalue weighted by Gasteiger charge is 2.19. The molecule has 0 saturated carbocycles. The molecule has 0 heterocycles. The molecule has 0 amide bonds. The van der Waals surface area contributed by atoms with Crippen LogP contribution < -0.4 is 4.90 Å². The van der Waals surface area contributed by atoms with Crippen molar-refractivity contribution in [1.29, 1.82) is 0 Å². The van der Waals surface area contributed by atoms with Crippen LogP contribution in [0.4, 0.5) is 17.1 Å². The van der Waals surface area contributed by atoms with Crippen molar-refractivity contribution < 1.29 is 4.92 Å². The van der Waals surface area contributed by atoms with Crippen molar-refractivity contribution in [3.05, 3.63) is 62.1 Å². The van der Waals surface area contributed by atoms with Crippen molar-refractivity contribution in [3.63, 3.8) is 0 Å². The summed E-state index contributed by atoms with van der Waals surface area (Å²) in [5.74, 6) is 0. The second-order valence-electron chi connectivity index (χ2n) is 4.74. The summed E-state index contributed by atoms with van der Waals surface area (Å²) in [6, 6.07) is 11.1. The molecule has 2 aromatic rings. The van der Waals surface area contributed by atoms with E-state index >= 15 is 0 Å². The number of benzene rings is 2. The Labute approximate surface area is 126 Å². The molecule has 0 atom stereocenters. The number of hydrogen-bond acceptors (Lipinski definition) is 3. The predicted molar refractivity (Wildman–Crippen MR) is 84.8 cm³/mol. The lowest BCUT2D eigenvalue weighted by molar-refractivity contribution is -0.384. The molecule has 0 aromatic heterocycles. The molecule has 2 rings (SSSR count). The molecular formula is C15H15BrN2O2. The van der Waals surface area contributed by atoms with Crippen LogP contribution in [0, 0.1) is 24.0 Å². The molecule has 0 aliphatic carbocycles. The van der Waals surface area contributed by atoms with Gasteiger partial charge in [0.25, 0.3) is 5.69 Å². The van der Waals surface area contributed by atoms with Crippen molar-refractivity contribution >= 4 is 33.0 Å². The molecule has 0 N–H and O–H groups in total. The average molecular weight is 335 g/mol. The van der Waals surface area contributed by atoms with Gasteiger partial charge in [0.2, 0.25) is 0 Å². The normalized spacial score (nSPS) is 10.4. The summed E-state index contributed by atoms with van der Waals surface area (Å²) >= 11 is 3.27. The van der Waals surface area contributed by atoms with E-state index in [2.05, 4.69) is 22.0 Å². The van der Waals surface area contributed by atoms with Crippen LogP contribution in [0.2, 0.25) is 0 Å². The fourth-order valence-corrected chi connectivity index (χ4v) is 2.59. The van der Waals surface area contributed by atoms with Crippen LogP contribution in [-0.2, 0) is 0 Å². The predicted octanol–water partition coefficient (Wildman–Crippen LogP) is 4.74. The van der Waals surface area contributed by atoms with Crippen LogP contribution in [0.25, 0.3) is 0 Å². The van der Waals surface area contributed by atoms with Gasteiger partial charge in [0, 0.05) is 23.3 Å². The monoisotopic (exact) mass is 334 g/mol. The second-order valence-corrected chi connectivity index (χ2v) is 5.65. The van der Waals surface area contributed by atoms with Gasteiger partial charge in [-0.25, -0.2) is 0 Å². The topological polar surface area (TPSA) is 46.4 Å². The Balaban J connectivity index is 2.53. The third-order valence-electron chi connectivity index (χ3n) is 3.21. The molecule has 5 heteroatoms. The van der Waals surface area contributed by atoms with Crippen LogP contribution in [0.1, 0.15) is 11.1 Å². The largest absolute Gasteiger partial charge is 0.339 e. The Hall–Kier alpha value is -1.88. The molecule has 0 aliphatic heterocycles. The first-order valence-corrected chi connectivity index (χ1v) is 6.94. The van der Waals surface area contributed by atoms with Crippen LogP contribution >= 0.6 is 15.9 Å². The van der Waals surface area contributed by atoms with Gasteiger partial charge in [-0.3, -0.25) is 10.1 Å². The molecule has 0 fully saturated rings. The minimum atomic E-state index is -0.361. The summed E-state index contributed by atoms with van der Waals surface area (Å²) in [5.41, 5.74) is 3.88. The van der Waals surface area contributed by atoms with E-state index in [1.165, 1.54) is 11.6 Å². The van der Waals surface area contributed by atoms with E-state index in [1.54, 1.807) is 6.07 Å². The van der Waals surface area contributed by atoms with E-state index in [9.17, 15) is 10.1 Å². The van der Waals surface area contributed by atoms with E-state index < -0.39 is 0 Å². The van der Waals surface area contributed by atoms with Crippen LogP contribution in [0.3, 0.4) is 0 Å². The first-order valence-electron chi connectivity index (χ1n) is 6.15. The second kappa shape index (κ2) is 5.63. The minimum absolute atomic E-state index is 0.0850. The zero-order valence-electron chi connectivity index (χ0n) is 11.6. The molecule has 0 spiro atoms. The van der Waals surface area contributed by atoms with Crippen LogP contribution in [0.5, 0.6) is 0 Å². The molecule has 0 saturated heterocycles. The van der Waals surface area contributed by atoms with Gasteiger partial charge in [-0.2, -0.15) is 0 Å². The lowest BCUT2D eigenvalue weighted by Gasteiger charge is -2.21. The number of rotatable bonds is 3. The smallest absolute Gasteiger partial charge is 0.293 e. The summed E-state index contributed by atoms with van der Waals surface area (Å²) in [7, 11) is 1.84. The van der Waals surface area contributed by atoms with E-state index in [4.69, 9.17) is 0 Å². The summed E-state index contributed by atoms with van der Waals surface area (Å²) in [5, 5.41) is 11.2. The van der Waals surface area contributed by atoms with Gasteiger partial charge in [-0.1, -0.05) is 33.6 Å². The summed E-state index contributed by atoms with van der Waals surface area (Å²) < 4.78 is 0.696. The maximum atomic E-state index is 11.2. The first-order chi connectivity index (χ1) is 9.40. The Morgan fingerprint density at radius 3 is 2.35 bits per heavy atom. The third-order valence-corrected chi connectivity index (χ3v) is 3.70. The standard InChI is InChI=1S/C15H15BrN2O2/c1-10-4-6-13(11(2)8-10)17(3)14-7-5-12(16)9-15(14)18(19)20/h4-9H,1-3H3. The minimum Gasteiger partial charge on any atom is -0.339 e. The highest BCUT2D eigenvalue weighted by Crippen LogP contribution is 2.35. The molecule has 4 nitrogen and oxygen atoms in total. The van der Waals surface area contributed by atoms with Crippen LogP contribution in [-0.4, -0.2) is 12.0 Å². The fourth-order valence-electron chi connectivity index (χ4n) is 2.24. The third kappa shape index (κ3) is 2.82. The quantitative estimate of drug-likeness (QED) is 0.601. The van der Waals surface area contributed by atoms with E-state index in [0.717, 1.165) is 11.3 Å². The number of aryl methyl sites for hydroxylation is 2. The lowest BCUT2D eigenvalue weighted by atomic mass is 10.1. The van der Waals surface area contributed by atoms with Crippen molar-refractivity contribution in [2.24, 2.45) is 0 Å². The molecule has 0 aliphatic rings. The lowest BCUT2D eigenvalue weighted by Crippen LogP contribution is -2.12. The van der Waals surface area contributed by atoms with Crippen LogP contribution in [0.15, 0.2) is 40.9 Å². The van der Waals surface area contributed by atoms with Gasteiger partial charge in [0.05, 0.1) is 4.92 Å². The Morgan fingerprint density at radius 1 is 1.10 bits per heavy atom. The Kier molecular flexibility index (Phi) is 4.09. The van der Waals surface area contributed by atoms with Crippen molar-refractivity contribution in [2.45, 2.75) is 13.8 Å². The highest BCUT2D eigenvalue weighted by atomic mass is 79.9. The van der Waals surface area contributed by atoms with Crippen molar-refractivity contribution in [2.75, 3.05) is 11.9 Å². The maximum Gasteiger partial charge on any atom is 0.293 e. The first kappa shape index (κ1) is 14.5. The molecule has 0 unspecified atom stereocenters. The van der Waals surface area contributed by atoms with E-state index in [1.807, 2.05) is 44.0 Å². The van der Waals surface area contributed by atoms with Gasteiger partial charge >= 0.3 is 0 Å². The molecule has 104 valence electrons. The Morgan fingerprint density at radius 2 is 1.75 bits per heavy atom. The van der Waals surface area contributed by atoms with E-state index in [0.29, 0.717) is 10.2 Å². The summed E-state index contributed by atoms with van der Waals surface area (Å²) in [6.07, 6.45) is 0. The number of nitro benzene ring substituents is 1. The maximum absolute atomic E-state index is 11.2. The van der Waals surface area contributed by atoms with Gasteiger partial charge in [-0.05, 0) is 37.6 Å². The molecule has 20 heavy (non-hydrogen) atoms. The number of anilines is 2. The number of nitro groups is 1. The molecule has 2 aromatic carbocycles. The van der Waals surface area contributed by atoms with Gasteiger partial charge in [0.1, 0.15) is 5.69 Å². The average Bonchev–Trinajstić information content (AvgIpc) is 2.37. The zero-order valence-corrected chi connectivity index (χ0v) is 13.1. The summed E-state index contributed by atoms with van der Waals surface area (Å²) in [6.45, 7) is 4.03. The number of halogens is 1. The summed E-state index contributed by atoms with van der Waals surface area (Å²) in [4.78, 5) is 12.7. The number of hydrogen-bond donors (Lipinski definition) is 0. The van der Waals surface area contributed by atoms with Crippen molar-refractivity contribution in [1.82, 2.24) is 0 Å².